The molecule has 1 aromatic carbocycles. The van der Waals surface area contributed by atoms with Crippen molar-refractivity contribution in [3.8, 4) is 0 Å². The SMILES string of the molecule is Cc1c(F)cc(C(=O)NC2CCOC2C)cc1S(N)(=O)=O. The summed E-state index contributed by atoms with van der Waals surface area (Å²) < 4.78 is 42.0. The fourth-order valence-electron chi connectivity index (χ4n) is 2.25. The van der Waals surface area contributed by atoms with Gasteiger partial charge in [-0.2, -0.15) is 0 Å². The first-order valence-corrected chi connectivity index (χ1v) is 8.00. The zero-order chi connectivity index (χ0) is 15.8. The molecule has 0 bridgehead atoms. The van der Waals surface area contributed by atoms with Crippen LogP contribution in [0, 0.1) is 12.7 Å². The normalized spacial score (nSPS) is 22.3. The van der Waals surface area contributed by atoms with Gasteiger partial charge in [-0.1, -0.05) is 0 Å². The monoisotopic (exact) mass is 316 g/mol. The maximum absolute atomic E-state index is 13.8. The number of carbonyl (C=O) groups excluding carboxylic acids is 1. The van der Waals surface area contributed by atoms with Crippen LogP contribution in [0.25, 0.3) is 0 Å². The Bertz CT molecular complexity index is 675. The van der Waals surface area contributed by atoms with Gasteiger partial charge in [0, 0.05) is 17.7 Å². The van der Waals surface area contributed by atoms with E-state index in [1.54, 1.807) is 0 Å². The van der Waals surface area contributed by atoms with E-state index in [9.17, 15) is 17.6 Å². The molecular formula is C13H17FN2O4S. The van der Waals surface area contributed by atoms with Gasteiger partial charge in [0.05, 0.1) is 17.0 Å². The van der Waals surface area contributed by atoms with Gasteiger partial charge < -0.3 is 10.1 Å². The molecule has 2 unspecified atom stereocenters. The topological polar surface area (TPSA) is 98.5 Å². The van der Waals surface area contributed by atoms with Crippen LogP contribution in [-0.4, -0.2) is 33.1 Å². The molecule has 1 aliphatic rings. The van der Waals surface area contributed by atoms with Crippen molar-refractivity contribution < 1.29 is 22.3 Å². The molecule has 1 saturated heterocycles. The van der Waals surface area contributed by atoms with Crippen molar-refractivity contribution in [1.82, 2.24) is 5.32 Å². The highest BCUT2D eigenvalue weighted by Crippen LogP contribution is 2.20. The minimum atomic E-state index is -4.09. The Kier molecular flexibility index (Phi) is 4.31. The lowest BCUT2D eigenvalue weighted by Crippen LogP contribution is -2.39. The van der Waals surface area contributed by atoms with Gasteiger partial charge >= 0.3 is 0 Å². The molecule has 0 radical (unpaired) electrons. The first-order valence-electron chi connectivity index (χ1n) is 6.45. The standard InChI is InChI=1S/C13H17FN2O4S/c1-7-10(14)5-9(6-12(7)21(15,18)19)13(17)16-11-3-4-20-8(11)2/h5-6,8,11H,3-4H2,1-2H3,(H,16,17)(H2,15,18,19). The summed E-state index contributed by atoms with van der Waals surface area (Å²) in [4.78, 5) is 11.7. The van der Waals surface area contributed by atoms with Gasteiger partial charge in [-0.25, -0.2) is 17.9 Å². The van der Waals surface area contributed by atoms with E-state index >= 15 is 0 Å². The molecule has 2 atom stereocenters. The fourth-order valence-corrected chi connectivity index (χ4v) is 3.07. The van der Waals surface area contributed by atoms with Gasteiger partial charge in [-0.05, 0) is 32.4 Å². The van der Waals surface area contributed by atoms with Gasteiger partial charge in [-0.15, -0.1) is 0 Å². The molecule has 0 saturated carbocycles. The summed E-state index contributed by atoms with van der Waals surface area (Å²) in [6.45, 7) is 3.66. The first-order chi connectivity index (χ1) is 9.70. The van der Waals surface area contributed by atoms with E-state index in [0.29, 0.717) is 13.0 Å². The molecule has 116 valence electrons. The van der Waals surface area contributed by atoms with E-state index in [1.807, 2.05) is 6.92 Å². The third-order valence-corrected chi connectivity index (χ3v) is 4.60. The van der Waals surface area contributed by atoms with Crippen molar-refractivity contribution in [2.24, 2.45) is 5.14 Å². The highest BCUT2D eigenvalue weighted by atomic mass is 32.2. The number of carbonyl (C=O) groups is 1. The number of amides is 1. The van der Waals surface area contributed by atoms with Gasteiger partial charge in [0.2, 0.25) is 10.0 Å². The summed E-state index contributed by atoms with van der Waals surface area (Å²) in [7, 11) is -4.09. The quantitative estimate of drug-likeness (QED) is 0.857. The molecule has 1 aromatic rings. The van der Waals surface area contributed by atoms with E-state index in [2.05, 4.69) is 5.32 Å². The second-order valence-electron chi connectivity index (χ2n) is 5.07. The predicted molar refractivity (Wildman–Crippen MR) is 73.8 cm³/mol. The van der Waals surface area contributed by atoms with Crippen LogP contribution in [0.5, 0.6) is 0 Å². The van der Waals surface area contributed by atoms with Crippen LogP contribution >= 0.6 is 0 Å². The van der Waals surface area contributed by atoms with Crippen LogP contribution in [-0.2, 0) is 14.8 Å². The molecular weight excluding hydrogens is 299 g/mol. The van der Waals surface area contributed by atoms with Gasteiger partial charge in [0.15, 0.2) is 0 Å². The zero-order valence-electron chi connectivity index (χ0n) is 11.7. The highest BCUT2D eigenvalue weighted by Gasteiger charge is 2.27. The van der Waals surface area contributed by atoms with Crippen LogP contribution < -0.4 is 10.5 Å². The first kappa shape index (κ1) is 15.9. The summed E-state index contributed by atoms with van der Waals surface area (Å²) in [6.07, 6.45) is 0.519. The van der Waals surface area contributed by atoms with Crippen LogP contribution in [0.4, 0.5) is 4.39 Å². The maximum atomic E-state index is 13.8. The Labute approximate surface area is 122 Å². The fraction of sp³-hybridized carbons (Fsp3) is 0.462. The molecule has 1 fully saturated rings. The lowest BCUT2D eigenvalue weighted by atomic mass is 10.1. The highest BCUT2D eigenvalue weighted by molar-refractivity contribution is 7.89. The molecule has 1 heterocycles. The van der Waals surface area contributed by atoms with Crippen molar-refractivity contribution in [2.75, 3.05) is 6.61 Å². The molecule has 0 spiro atoms. The number of nitrogens with one attached hydrogen (secondary N) is 1. The number of sulfonamides is 1. The Hall–Kier alpha value is -1.51. The smallest absolute Gasteiger partial charge is 0.251 e. The summed E-state index contributed by atoms with van der Waals surface area (Å²) >= 11 is 0. The largest absolute Gasteiger partial charge is 0.376 e. The Morgan fingerprint density at radius 2 is 2.14 bits per heavy atom. The van der Waals surface area contributed by atoms with Gasteiger partial charge in [0.25, 0.3) is 5.91 Å². The molecule has 1 aliphatic heterocycles. The van der Waals surface area contributed by atoms with Crippen molar-refractivity contribution in [3.63, 3.8) is 0 Å². The molecule has 0 aliphatic carbocycles. The molecule has 6 nitrogen and oxygen atoms in total. The van der Waals surface area contributed by atoms with E-state index in [-0.39, 0.29) is 28.2 Å². The summed E-state index contributed by atoms with van der Waals surface area (Å²) in [5, 5.41) is 7.74. The van der Waals surface area contributed by atoms with Crippen LogP contribution in [0.1, 0.15) is 29.3 Å². The lowest BCUT2D eigenvalue weighted by molar-refractivity contribution is 0.0865. The number of primary sulfonamides is 1. The second-order valence-corrected chi connectivity index (χ2v) is 6.60. The molecule has 2 rings (SSSR count). The molecule has 3 N–H and O–H groups in total. The molecule has 1 amide bonds. The van der Waals surface area contributed by atoms with Gasteiger partial charge in [0.1, 0.15) is 5.82 Å². The van der Waals surface area contributed by atoms with Crippen LogP contribution in [0.2, 0.25) is 0 Å². The van der Waals surface area contributed by atoms with Crippen molar-refractivity contribution in [1.29, 1.82) is 0 Å². The summed E-state index contributed by atoms with van der Waals surface area (Å²) in [6, 6.07) is 1.91. The summed E-state index contributed by atoms with van der Waals surface area (Å²) in [5.41, 5.74) is -0.187. The lowest BCUT2D eigenvalue weighted by Gasteiger charge is -2.16. The number of nitrogens with two attached hydrogens (primary N) is 1. The zero-order valence-corrected chi connectivity index (χ0v) is 12.5. The Balaban J connectivity index is 2.32. The third-order valence-electron chi connectivity index (χ3n) is 3.56. The van der Waals surface area contributed by atoms with Crippen LogP contribution in [0.15, 0.2) is 17.0 Å². The van der Waals surface area contributed by atoms with Gasteiger partial charge in [-0.3, -0.25) is 4.79 Å². The number of hydrogen-bond donors (Lipinski definition) is 2. The van der Waals surface area contributed by atoms with Crippen molar-refractivity contribution >= 4 is 15.9 Å². The van der Waals surface area contributed by atoms with E-state index in [1.165, 1.54) is 6.92 Å². The Morgan fingerprint density at radius 3 is 2.67 bits per heavy atom. The molecule has 8 heteroatoms. The number of benzene rings is 1. The average Bonchev–Trinajstić information content (AvgIpc) is 2.76. The van der Waals surface area contributed by atoms with E-state index in [4.69, 9.17) is 9.88 Å². The third kappa shape index (κ3) is 3.39. The van der Waals surface area contributed by atoms with E-state index < -0.39 is 21.7 Å². The summed E-state index contributed by atoms with van der Waals surface area (Å²) in [5.74, 6) is -1.34. The molecule has 21 heavy (non-hydrogen) atoms. The maximum Gasteiger partial charge on any atom is 0.251 e. The molecule has 0 aromatic heterocycles. The number of ether oxygens (including phenoxy) is 1. The minimum absolute atomic E-state index is 0.0822. The average molecular weight is 316 g/mol. The minimum Gasteiger partial charge on any atom is -0.376 e. The van der Waals surface area contributed by atoms with Crippen molar-refractivity contribution in [3.05, 3.63) is 29.1 Å². The van der Waals surface area contributed by atoms with Crippen LogP contribution in [0.3, 0.4) is 0 Å². The second kappa shape index (κ2) is 5.70. The van der Waals surface area contributed by atoms with Crippen molar-refractivity contribution in [2.45, 2.75) is 37.3 Å². The number of halogens is 1. The Morgan fingerprint density at radius 1 is 1.48 bits per heavy atom. The predicted octanol–water partition coefficient (Wildman–Crippen LogP) is 0.689. The van der Waals surface area contributed by atoms with E-state index in [0.717, 1.165) is 12.1 Å². The number of rotatable bonds is 3. The number of hydrogen-bond acceptors (Lipinski definition) is 4.